The average Bonchev–Trinajstić information content (AvgIpc) is 2.39. The molecule has 0 aromatic heterocycles. The first-order valence-electron chi connectivity index (χ1n) is 6.97. The molecule has 0 unspecified atom stereocenters. The van der Waals surface area contributed by atoms with Gasteiger partial charge in [0.05, 0.1) is 4.90 Å². The van der Waals surface area contributed by atoms with E-state index in [0.29, 0.717) is 15.9 Å². The lowest BCUT2D eigenvalue weighted by atomic mass is 10.1. The van der Waals surface area contributed by atoms with E-state index in [1.54, 1.807) is 6.07 Å². The van der Waals surface area contributed by atoms with Gasteiger partial charge in [0.1, 0.15) is 0 Å². The van der Waals surface area contributed by atoms with Crippen LogP contribution in [0.4, 0.5) is 0 Å². The van der Waals surface area contributed by atoms with E-state index in [1.165, 1.54) is 19.3 Å². The van der Waals surface area contributed by atoms with Gasteiger partial charge in [0.2, 0.25) is 10.0 Å². The molecule has 4 nitrogen and oxygen atoms in total. The van der Waals surface area contributed by atoms with Crippen LogP contribution in [0.5, 0.6) is 0 Å². The molecule has 1 heterocycles. The minimum Gasteiger partial charge on any atom is -0.302 e. The predicted octanol–water partition coefficient (Wildman–Crippen LogP) is 2.52. The highest BCUT2D eigenvalue weighted by Gasteiger charge is 2.18. The molecule has 1 aliphatic heterocycles. The number of hydrogen-bond acceptors (Lipinski definition) is 3. The Bertz CT molecular complexity index is 554. The summed E-state index contributed by atoms with van der Waals surface area (Å²) >= 11 is 3.32. The average molecular weight is 361 g/mol. The SMILES string of the molecule is Cc1ccc(S(=O)(=O)NCCN2CCCCC2)c(Br)c1. The number of sulfonamides is 1. The fourth-order valence-corrected chi connectivity index (χ4v) is 4.63. The van der Waals surface area contributed by atoms with E-state index < -0.39 is 10.0 Å². The van der Waals surface area contributed by atoms with Crippen LogP contribution in [0, 0.1) is 6.92 Å². The standard InChI is InChI=1S/C14H21BrN2O2S/c1-12-5-6-14(13(15)11-12)20(18,19)16-7-10-17-8-3-2-4-9-17/h5-6,11,16H,2-4,7-10H2,1H3. The lowest BCUT2D eigenvalue weighted by molar-refractivity contribution is 0.233. The summed E-state index contributed by atoms with van der Waals surface area (Å²) in [5, 5.41) is 0. The third-order valence-electron chi connectivity index (χ3n) is 3.55. The Labute approximate surface area is 129 Å². The number of nitrogens with one attached hydrogen (secondary N) is 1. The molecule has 112 valence electrons. The fourth-order valence-electron chi connectivity index (χ4n) is 2.42. The predicted molar refractivity (Wildman–Crippen MR) is 84.4 cm³/mol. The highest BCUT2D eigenvalue weighted by atomic mass is 79.9. The monoisotopic (exact) mass is 360 g/mol. The Balaban J connectivity index is 1.93. The topological polar surface area (TPSA) is 49.4 Å². The molecule has 0 aliphatic carbocycles. The van der Waals surface area contributed by atoms with Gasteiger partial charge in [0.25, 0.3) is 0 Å². The Morgan fingerprint density at radius 1 is 1.25 bits per heavy atom. The lowest BCUT2D eigenvalue weighted by Crippen LogP contribution is -2.37. The Morgan fingerprint density at radius 3 is 2.60 bits per heavy atom. The molecule has 0 atom stereocenters. The van der Waals surface area contributed by atoms with Crippen LogP contribution in [0.1, 0.15) is 24.8 Å². The first-order valence-corrected chi connectivity index (χ1v) is 9.25. The molecule has 1 saturated heterocycles. The highest BCUT2D eigenvalue weighted by molar-refractivity contribution is 9.10. The van der Waals surface area contributed by atoms with E-state index >= 15 is 0 Å². The van der Waals surface area contributed by atoms with Crippen molar-refractivity contribution in [1.82, 2.24) is 9.62 Å². The summed E-state index contributed by atoms with van der Waals surface area (Å²) in [6, 6.07) is 5.27. The second-order valence-corrected chi connectivity index (χ2v) is 7.82. The zero-order valence-electron chi connectivity index (χ0n) is 11.7. The van der Waals surface area contributed by atoms with Gasteiger partial charge in [-0.3, -0.25) is 0 Å². The van der Waals surface area contributed by atoms with Crippen molar-refractivity contribution in [3.05, 3.63) is 28.2 Å². The largest absolute Gasteiger partial charge is 0.302 e. The van der Waals surface area contributed by atoms with Gasteiger partial charge in [-0.05, 0) is 66.5 Å². The maximum atomic E-state index is 12.2. The van der Waals surface area contributed by atoms with E-state index in [0.717, 1.165) is 25.2 Å². The van der Waals surface area contributed by atoms with Gasteiger partial charge in [0, 0.05) is 17.6 Å². The number of nitrogens with zero attached hydrogens (tertiary/aromatic N) is 1. The van der Waals surface area contributed by atoms with Crippen LogP contribution in [0.15, 0.2) is 27.6 Å². The van der Waals surface area contributed by atoms with E-state index in [-0.39, 0.29) is 0 Å². The number of halogens is 1. The minimum atomic E-state index is -3.43. The van der Waals surface area contributed by atoms with Crippen LogP contribution in [-0.2, 0) is 10.0 Å². The molecule has 0 bridgehead atoms. The highest BCUT2D eigenvalue weighted by Crippen LogP contribution is 2.22. The van der Waals surface area contributed by atoms with Gasteiger partial charge in [-0.25, -0.2) is 13.1 Å². The van der Waals surface area contributed by atoms with E-state index in [9.17, 15) is 8.42 Å². The minimum absolute atomic E-state index is 0.307. The van der Waals surface area contributed by atoms with Crippen LogP contribution < -0.4 is 4.72 Å². The Morgan fingerprint density at radius 2 is 1.95 bits per heavy atom. The van der Waals surface area contributed by atoms with Gasteiger partial charge >= 0.3 is 0 Å². The number of hydrogen-bond donors (Lipinski definition) is 1. The molecule has 1 aliphatic rings. The molecule has 2 rings (SSSR count). The second-order valence-electron chi connectivity index (χ2n) is 5.23. The molecule has 1 fully saturated rings. The van der Waals surface area contributed by atoms with Crippen molar-refractivity contribution in [3.8, 4) is 0 Å². The third-order valence-corrected chi connectivity index (χ3v) is 5.98. The number of rotatable bonds is 5. The maximum absolute atomic E-state index is 12.2. The number of piperidine rings is 1. The molecule has 0 spiro atoms. The summed E-state index contributed by atoms with van der Waals surface area (Å²) in [7, 11) is -3.43. The summed E-state index contributed by atoms with van der Waals surface area (Å²) in [6.45, 7) is 5.34. The molecule has 0 amide bonds. The van der Waals surface area contributed by atoms with Gasteiger partial charge in [0.15, 0.2) is 0 Å². The first kappa shape index (κ1) is 15.9. The number of benzene rings is 1. The molecule has 1 aromatic carbocycles. The van der Waals surface area contributed by atoms with E-state index in [1.807, 2.05) is 19.1 Å². The van der Waals surface area contributed by atoms with Crippen LogP contribution in [-0.4, -0.2) is 39.5 Å². The second kappa shape index (κ2) is 7.02. The molecule has 0 radical (unpaired) electrons. The van der Waals surface area contributed by atoms with Gasteiger partial charge in [-0.1, -0.05) is 12.5 Å². The lowest BCUT2D eigenvalue weighted by Gasteiger charge is -2.26. The third kappa shape index (κ3) is 4.28. The normalized spacial score (nSPS) is 17.3. The molecule has 0 saturated carbocycles. The number of aryl methyl sites for hydroxylation is 1. The van der Waals surface area contributed by atoms with Crippen molar-refractivity contribution >= 4 is 26.0 Å². The summed E-state index contributed by atoms with van der Waals surface area (Å²) < 4.78 is 27.8. The summed E-state index contributed by atoms with van der Waals surface area (Å²) in [5.74, 6) is 0. The Kier molecular flexibility index (Phi) is 5.60. The van der Waals surface area contributed by atoms with Crippen LogP contribution in [0.2, 0.25) is 0 Å². The molecule has 1 N–H and O–H groups in total. The summed E-state index contributed by atoms with van der Waals surface area (Å²) in [5.41, 5.74) is 1.03. The maximum Gasteiger partial charge on any atom is 0.241 e. The van der Waals surface area contributed by atoms with Crippen molar-refractivity contribution < 1.29 is 8.42 Å². The van der Waals surface area contributed by atoms with E-state index in [4.69, 9.17) is 0 Å². The van der Waals surface area contributed by atoms with Crippen LogP contribution in [0.25, 0.3) is 0 Å². The van der Waals surface area contributed by atoms with Crippen molar-refractivity contribution in [2.75, 3.05) is 26.2 Å². The van der Waals surface area contributed by atoms with Gasteiger partial charge in [-0.2, -0.15) is 0 Å². The summed E-state index contributed by atoms with van der Waals surface area (Å²) in [6.07, 6.45) is 3.73. The van der Waals surface area contributed by atoms with E-state index in [2.05, 4.69) is 25.6 Å². The van der Waals surface area contributed by atoms with Gasteiger partial charge < -0.3 is 4.90 Å². The van der Waals surface area contributed by atoms with Crippen LogP contribution >= 0.6 is 15.9 Å². The van der Waals surface area contributed by atoms with Crippen molar-refractivity contribution in [1.29, 1.82) is 0 Å². The van der Waals surface area contributed by atoms with Crippen LogP contribution in [0.3, 0.4) is 0 Å². The van der Waals surface area contributed by atoms with Crippen molar-refractivity contribution in [2.45, 2.75) is 31.1 Å². The molecular weight excluding hydrogens is 340 g/mol. The smallest absolute Gasteiger partial charge is 0.241 e. The molecular formula is C14H21BrN2O2S. The van der Waals surface area contributed by atoms with Crippen molar-refractivity contribution in [2.24, 2.45) is 0 Å². The first-order chi connectivity index (χ1) is 9.49. The number of likely N-dealkylation sites (tertiary alicyclic amines) is 1. The van der Waals surface area contributed by atoms with Gasteiger partial charge in [-0.15, -0.1) is 0 Å². The fraction of sp³-hybridized carbons (Fsp3) is 0.571. The zero-order valence-corrected chi connectivity index (χ0v) is 14.1. The molecule has 20 heavy (non-hydrogen) atoms. The zero-order chi connectivity index (χ0) is 14.6. The molecule has 6 heteroatoms. The molecule has 1 aromatic rings. The summed E-state index contributed by atoms with van der Waals surface area (Å²) in [4.78, 5) is 2.62. The quantitative estimate of drug-likeness (QED) is 0.877. The Hall–Kier alpha value is -0.430. The van der Waals surface area contributed by atoms with Crippen molar-refractivity contribution in [3.63, 3.8) is 0 Å².